The van der Waals surface area contributed by atoms with E-state index in [0.29, 0.717) is 12.8 Å². The minimum atomic E-state index is 0.122. The zero-order valence-electron chi connectivity index (χ0n) is 14.8. The van der Waals surface area contributed by atoms with Crippen molar-refractivity contribution in [3.63, 3.8) is 0 Å². The largest absolute Gasteiger partial charge is 0.356 e. The van der Waals surface area contributed by atoms with Gasteiger partial charge < -0.3 is 5.32 Å². The van der Waals surface area contributed by atoms with Gasteiger partial charge in [0, 0.05) is 30.4 Å². The van der Waals surface area contributed by atoms with Crippen LogP contribution in [0.25, 0.3) is 5.65 Å². The molecule has 0 saturated heterocycles. The van der Waals surface area contributed by atoms with E-state index >= 15 is 0 Å². The Morgan fingerprint density at radius 3 is 2.74 bits per heavy atom. The highest BCUT2D eigenvalue weighted by Gasteiger charge is 2.12. The molecule has 0 aliphatic rings. The van der Waals surface area contributed by atoms with Crippen LogP contribution in [0, 0.1) is 20.8 Å². The molecule has 0 saturated carbocycles. The molecule has 0 aromatic carbocycles. The summed E-state index contributed by atoms with van der Waals surface area (Å²) in [4.78, 5) is 16.6. The predicted molar refractivity (Wildman–Crippen MR) is 92.7 cm³/mol. The Kier molecular flexibility index (Phi) is 6.13. The molecule has 2 aromatic heterocycles. The van der Waals surface area contributed by atoms with Crippen molar-refractivity contribution in [2.75, 3.05) is 6.54 Å². The molecule has 0 bridgehead atoms. The molecule has 0 aliphatic heterocycles. The van der Waals surface area contributed by atoms with Crippen molar-refractivity contribution >= 4 is 11.6 Å². The highest BCUT2D eigenvalue weighted by Crippen LogP contribution is 2.16. The smallest absolute Gasteiger partial charge is 0.220 e. The number of aromatic nitrogens is 3. The zero-order chi connectivity index (χ0) is 16.8. The number of carbonyl (C=O) groups is 1. The molecule has 23 heavy (non-hydrogen) atoms. The molecule has 2 rings (SSSR count). The SMILES string of the molecule is CCCCCCNC(=O)CCc1c(C)nc2cc(C)nn2c1C. The highest BCUT2D eigenvalue weighted by atomic mass is 16.1. The third-order valence-corrected chi connectivity index (χ3v) is 4.24. The van der Waals surface area contributed by atoms with Crippen LogP contribution in [0.1, 0.15) is 61.7 Å². The molecule has 0 aliphatic carbocycles. The fourth-order valence-electron chi connectivity index (χ4n) is 2.91. The van der Waals surface area contributed by atoms with Crippen LogP contribution in [-0.4, -0.2) is 27.0 Å². The maximum Gasteiger partial charge on any atom is 0.220 e. The van der Waals surface area contributed by atoms with Gasteiger partial charge in [-0.15, -0.1) is 0 Å². The van der Waals surface area contributed by atoms with E-state index in [1.54, 1.807) is 0 Å². The second kappa shape index (κ2) is 8.09. The van der Waals surface area contributed by atoms with E-state index in [2.05, 4.69) is 22.3 Å². The Balaban J connectivity index is 1.92. The van der Waals surface area contributed by atoms with E-state index in [0.717, 1.165) is 41.3 Å². The summed E-state index contributed by atoms with van der Waals surface area (Å²) in [7, 11) is 0. The van der Waals surface area contributed by atoms with Crippen molar-refractivity contribution < 1.29 is 4.79 Å². The van der Waals surface area contributed by atoms with Crippen LogP contribution in [0.3, 0.4) is 0 Å². The lowest BCUT2D eigenvalue weighted by atomic mass is 10.1. The van der Waals surface area contributed by atoms with Gasteiger partial charge in [-0.25, -0.2) is 9.50 Å². The molecule has 1 N–H and O–H groups in total. The first-order valence-electron chi connectivity index (χ1n) is 8.62. The first kappa shape index (κ1) is 17.4. The van der Waals surface area contributed by atoms with Crippen LogP contribution in [0.2, 0.25) is 0 Å². The summed E-state index contributed by atoms with van der Waals surface area (Å²) >= 11 is 0. The van der Waals surface area contributed by atoms with Gasteiger partial charge in [-0.05, 0) is 39.2 Å². The number of rotatable bonds is 8. The number of nitrogens with zero attached hydrogens (tertiary/aromatic N) is 3. The van der Waals surface area contributed by atoms with Crippen molar-refractivity contribution in [2.24, 2.45) is 0 Å². The summed E-state index contributed by atoms with van der Waals surface area (Å²) in [5.41, 5.74) is 5.03. The van der Waals surface area contributed by atoms with Crippen LogP contribution in [0.5, 0.6) is 0 Å². The minimum absolute atomic E-state index is 0.122. The van der Waals surface area contributed by atoms with Gasteiger partial charge in [0.15, 0.2) is 5.65 Å². The third kappa shape index (κ3) is 4.53. The summed E-state index contributed by atoms with van der Waals surface area (Å²) < 4.78 is 1.88. The first-order chi connectivity index (χ1) is 11.0. The minimum Gasteiger partial charge on any atom is -0.356 e. The quantitative estimate of drug-likeness (QED) is 0.760. The standard InChI is InChI=1S/C18H28N4O/c1-5-6-7-8-11-19-18(23)10-9-16-14(3)20-17-12-13(2)21-22(17)15(16)4/h12H,5-11H2,1-4H3,(H,19,23). The van der Waals surface area contributed by atoms with E-state index in [1.807, 2.05) is 31.4 Å². The number of unbranched alkanes of at least 4 members (excludes halogenated alkanes) is 3. The monoisotopic (exact) mass is 316 g/mol. The average molecular weight is 316 g/mol. The molecular weight excluding hydrogens is 288 g/mol. The van der Waals surface area contributed by atoms with Gasteiger partial charge in [0.25, 0.3) is 0 Å². The summed E-state index contributed by atoms with van der Waals surface area (Å²) in [6.07, 6.45) is 5.92. The Bertz CT molecular complexity index is 675. The third-order valence-electron chi connectivity index (χ3n) is 4.24. The van der Waals surface area contributed by atoms with Crippen molar-refractivity contribution in [3.05, 3.63) is 28.7 Å². The van der Waals surface area contributed by atoms with Crippen LogP contribution in [0.4, 0.5) is 0 Å². The second-order valence-electron chi connectivity index (χ2n) is 6.23. The molecule has 5 heteroatoms. The molecular formula is C18H28N4O. The Morgan fingerprint density at radius 1 is 1.22 bits per heavy atom. The lowest BCUT2D eigenvalue weighted by molar-refractivity contribution is -0.121. The number of nitrogens with one attached hydrogen (secondary N) is 1. The number of fused-ring (bicyclic) bond motifs is 1. The van der Waals surface area contributed by atoms with Gasteiger partial charge in [0.05, 0.1) is 5.69 Å². The van der Waals surface area contributed by atoms with Gasteiger partial charge in [0.1, 0.15) is 0 Å². The molecule has 126 valence electrons. The normalized spacial score (nSPS) is 11.1. The van der Waals surface area contributed by atoms with E-state index < -0.39 is 0 Å². The molecule has 0 radical (unpaired) electrons. The Labute approximate surface area is 138 Å². The number of hydrogen-bond acceptors (Lipinski definition) is 3. The first-order valence-corrected chi connectivity index (χ1v) is 8.62. The molecule has 0 fully saturated rings. The van der Waals surface area contributed by atoms with E-state index in [-0.39, 0.29) is 5.91 Å². The molecule has 2 heterocycles. The lowest BCUT2D eigenvalue weighted by Gasteiger charge is -2.11. The molecule has 0 spiro atoms. The Morgan fingerprint density at radius 2 is 2.00 bits per heavy atom. The zero-order valence-corrected chi connectivity index (χ0v) is 14.8. The number of carbonyl (C=O) groups excluding carboxylic acids is 1. The van der Waals surface area contributed by atoms with Gasteiger partial charge in [-0.1, -0.05) is 26.2 Å². The van der Waals surface area contributed by atoms with E-state index in [4.69, 9.17) is 0 Å². The van der Waals surface area contributed by atoms with Crippen molar-refractivity contribution in [3.8, 4) is 0 Å². The van der Waals surface area contributed by atoms with Crippen LogP contribution in [0.15, 0.2) is 6.07 Å². The van der Waals surface area contributed by atoms with Crippen LogP contribution < -0.4 is 5.32 Å². The maximum absolute atomic E-state index is 12.0. The Hall–Kier alpha value is -1.91. The van der Waals surface area contributed by atoms with Crippen LogP contribution >= 0.6 is 0 Å². The van der Waals surface area contributed by atoms with Gasteiger partial charge in [-0.3, -0.25) is 4.79 Å². The topological polar surface area (TPSA) is 59.3 Å². The second-order valence-corrected chi connectivity index (χ2v) is 6.23. The van der Waals surface area contributed by atoms with E-state index in [1.165, 1.54) is 19.3 Å². The van der Waals surface area contributed by atoms with Crippen molar-refractivity contribution in [1.82, 2.24) is 19.9 Å². The van der Waals surface area contributed by atoms with Gasteiger partial charge >= 0.3 is 0 Å². The highest BCUT2D eigenvalue weighted by molar-refractivity contribution is 5.76. The van der Waals surface area contributed by atoms with Crippen LogP contribution in [-0.2, 0) is 11.2 Å². The van der Waals surface area contributed by atoms with E-state index in [9.17, 15) is 4.79 Å². The van der Waals surface area contributed by atoms with Gasteiger partial charge in [-0.2, -0.15) is 5.10 Å². The maximum atomic E-state index is 12.0. The summed E-state index contributed by atoms with van der Waals surface area (Å²) in [5, 5.41) is 7.48. The predicted octanol–water partition coefficient (Wildman–Crippen LogP) is 3.28. The lowest BCUT2D eigenvalue weighted by Crippen LogP contribution is -2.25. The molecule has 5 nitrogen and oxygen atoms in total. The number of amides is 1. The van der Waals surface area contributed by atoms with Crippen molar-refractivity contribution in [1.29, 1.82) is 0 Å². The summed E-state index contributed by atoms with van der Waals surface area (Å²) in [6.45, 7) is 9.00. The fourth-order valence-corrected chi connectivity index (χ4v) is 2.91. The molecule has 0 atom stereocenters. The number of hydrogen-bond donors (Lipinski definition) is 1. The van der Waals surface area contributed by atoms with Crippen molar-refractivity contribution in [2.45, 2.75) is 66.2 Å². The average Bonchev–Trinajstić information content (AvgIpc) is 2.87. The molecule has 1 amide bonds. The summed E-state index contributed by atoms with van der Waals surface area (Å²) in [5.74, 6) is 0.122. The van der Waals surface area contributed by atoms with Gasteiger partial charge in [0.2, 0.25) is 5.91 Å². The number of aryl methyl sites for hydroxylation is 3. The summed E-state index contributed by atoms with van der Waals surface area (Å²) in [6, 6.07) is 1.98. The molecule has 0 unspecified atom stereocenters. The molecule has 2 aromatic rings. The fraction of sp³-hybridized carbons (Fsp3) is 0.611.